The number of nitrogens with zero attached hydrogens (tertiary/aromatic N) is 2. The average molecular weight is 505 g/mol. The molecule has 202 valence electrons. The molecular weight excluding hydrogens is 460 g/mol. The van der Waals surface area contributed by atoms with Gasteiger partial charge in [0, 0.05) is 12.6 Å². The summed E-state index contributed by atoms with van der Waals surface area (Å²) >= 11 is 0. The van der Waals surface area contributed by atoms with E-state index in [0.29, 0.717) is 25.8 Å². The molecule has 2 bridgehead atoms. The van der Waals surface area contributed by atoms with Gasteiger partial charge in [0.15, 0.2) is 0 Å². The summed E-state index contributed by atoms with van der Waals surface area (Å²) in [6.07, 6.45) is 4.85. The molecule has 2 amide bonds. The number of esters is 1. The fourth-order valence-electron chi connectivity index (χ4n) is 6.71. The van der Waals surface area contributed by atoms with Crippen molar-refractivity contribution in [3.05, 3.63) is 25.3 Å². The van der Waals surface area contributed by atoms with E-state index in [9.17, 15) is 19.5 Å². The second kappa shape index (κ2) is 10.7. The molecule has 0 aliphatic carbocycles. The minimum atomic E-state index is -1.16. The van der Waals surface area contributed by atoms with Crippen LogP contribution in [0.4, 0.5) is 0 Å². The van der Waals surface area contributed by atoms with E-state index in [1.54, 1.807) is 22.0 Å². The van der Waals surface area contributed by atoms with Crippen LogP contribution in [0.2, 0.25) is 0 Å². The van der Waals surface area contributed by atoms with E-state index in [-0.39, 0.29) is 42.9 Å². The SMILES string of the molecule is C=CCCOC(=O)[C@@H]1[C@H]2C(=O)N([C@@H](CO)CC(C)C)C(C(=O)N(CC=C)C(C)C)C23CC(C)[C@@]1(C)O3. The summed E-state index contributed by atoms with van der Waals surface area (Å²) in [5, 5.41) is 10.4. The normalized spacial score (nSPS) is 33.7. The third kappa shape index (κ3) is 4.40. The molecule has 1 N–H and O–H groups in total. The molecule has 7 atom stereocenters. The van der Waals surface area contributed by atoms with Gasteiger partial charge in [-0.15, -0.1) is 13.2 Å². The summed E-state index contributed by atoms with van der Waals surface area (Å²) in [5.41, 5.74) is -2.09. The predicted octanol–water partition coefficient (Wildman–Crippen LogP) is 2.95. The number of aliphatic hydroxyl groups is 1. The van der Waals surface area contributed by atoms with Gasteiger partial charge in [0.05, 0.1) is 30.8 Å². The number of hydrogen-bond acceptors (Lipinski definition) is 6. The Balaban J connectivity index is 2.15. The predicted molar refractivity (Wildman–Crippen MR) is 137 cm³/mol. The van der Waals surface area contributed by atoms with E-state index >= 15 is 0 Å². The summed E-state index contributed by atoms with van der Waals surface area (Å²) in [7, 11) is 0. The Morgan fingerprint density at radius 1 is 1.28 bits per heavy atom. The lowest BCUT2D eigenvalue weighted by atomic mass is 9.62. The van der Waals surface area contributed by atoms with Crippen LogP contribution in [0.15, 0.2) is 25.3 Å². The lowest BCUT2D eigenvalue weighted by Crippen LogP contribution is -2.60. The third-order valence-corrected chi connectivity index (χ3v) is 8.39. The monoisotopic (exact) mass is 504 g/mol. The first-order valence-corrected chi connectivity index (χ1v) is 13.2. The molecule has 0 aromatic carbocycles. The number of rotatable bonds is 12. The zero-order chi connectivity index (χ0) is 27.0. The Hall–Kier alpha value is -2.19. The standard InChI is InChI=1S/C28H44N2O6/c1-9-11-13-35-26(34)22-21-24(32)30(20(16-31)14-17(3)4)23(25(33)29(12-10-2)18(5)6)28(21)15-19(7)27(22,8)36-28/h9-10,17-23,31H,1-2,11-16H2,3-8H3/t19?,20-,21+,22+,23?,27-,28?/m1/s1. The number of fused-ring (bicyclic) bond motifs is 1. The molecule has 8 heteroatoms. The molecule has 0 aromatic heterocycles. The number of ether oxygens (including phenoxy) is 2. The van der Waals surface area contributed by atoms with Crippen LogP contribution in [-0.4, -0.2) is 81.8 Å². The fourth-order valence-corrected chi connectivity index (χ4v) is 6.71. The van der Waals surface area contributed by atoms with Gasteiger partial charge in [-0.05, 0) is 51.9 Å². The Labute approximate surface area is 215 Å². The quantitative estimate of drug-likeness (QED) is 0.249. The van der Waals surface area contributed by atoms with Crippen LogP contribution in [-0.2, 0) is 23.9 Å². The largest absolute Gasteiger partial charge is 0.465 e. The molecule has 3 unspecified atom stereocenters. The van der Waals surface area contributed by atoms with Crippen molar-refractivity contribution >= 4 is 17.8 Å². The Kier molecular flexibility index (Phi) is 8.40. The van der Waals surface area contributed by atoms with E-state index in [4.69, 9.17) is 9.47 Å². The van der Waals surface area contributed by atoms with E-state index in [1.807, 2.05) is 41.5 Å². The molecule has 3 aliphatic rings. The maximum Gasteiger partial charge on any atom is 0.312 e. The number of hydrogen-bond donors (Lipinski definition) is 1. The molecule has 3 saturated heterocycles. The molecule has 0 saturated carbocycles. The zero-order valence-corrected chi connectivity index (χ0v) is 22.7. The molecular formula is C28H44N2O6. The van der Waals surface area contributed by atoms with E-state index < -0.39 is 41.1 Å². The van der Waals surface area contributed by atoms with Gasteiger partial charge in [-0.1, -0.05) is 32.9 Å². The number of carbonyl (C=O) groups excluding carboxylic acids is 3. The first-order valence-electron chi connectivity index (χ1n) is 13.2. The van der Waals surface area contributed by atoms with Crippen molar-refractivity contribution in [1.82, 2.24) is 9.80 Å². The minimum absolute atomic E-state index is 0.0710. The molecule has 0 aromatic rings. The van der Waals surface area contributed by atoms with E-state index in [1.165, 1.54) is 0 Å². The topological polar surface area (TPSA) is 96.4 Å². The highest BCUT2D eigenvalue weighted by atomic mass is 16.6. The van der Waals surface area contributed by atoms with Crippen molar-refractivity contribution < 1.29 is 29.0 Å². The second-order valence-electron chi connectivity index (χ2n) is 11.5. The smallest absolute Gasteiger partial charge is 0.312 e. The van der Waals surface area contributed by atoms with Gasteiger partial charge in [-0.2, -0.15) is 0 Å². The molecule has 3 rings (SSSR count). The van der Waals surface area contributed by atoms with Crippen molar-refractivity contribution in [2.45, 2.75) is 90.1 Å². The summed E-state index contributed by atoms with van der Waals surface area (Å²) in [6, 6.07) is -1.64. The number of carbonyl (C=O) groups is 3. The van der Waals surface area contributed by atoms with Crippen LogP contribution in [0.5, 0.6) is 0 Å². The van der Waals surface area contributed by atoms with Gasteiger partial charge >= 0.3 is 5.97 Å². The number of amides is 2. The molecule has 3 heterocycles. The Morgan fingerprint density at radius 3 is 2.47 bits per heavy atom. The molecule has 36 heavy (non-hydrogen) atoms. The maximum absolute atomic E-state index is 14.3. The van der Waals surface area contributed by atoms with Gasteiger partial charge < -0.3 is 24.4 Å². The van der Waals surface area contributed by atoms with Gasteiger partial charge in [-0.3, -0.25) is 14.4 Å². The lowest BCUT2D eigenvalue weighted by Gasteiger charge is -2.41. The number of likely N-dealkylation sites (tertiary alicyclic amines) is 1. The van der Waals surface area contributed by atoms with Gasteiger partial charge in [0.1, 0.15) is 17.6 Å². The molecule has 8 nitrogen and oxygen atoms in total. The molecule has 0 radical (unpaired) electrons. The first-order chi connectivity index (χ1) is 16.9. The summed E-state index contributed by atoms with van der Waals surface area (Å²) in [5.74, 6) is -2.58. The van der Waals surface area contributed by atoms with Crippen molar-refractivity contribution in [1.29, 1.82) is 0 Å². The maximum atomic E-state index is 14.3. The van der Waals surface area contributed by atoms with E-state index in [2.05, 4.69) is 13.2 Å². The average Bonchev–Trinajstić information content (AvgIpc) is 3.32. The Bertz CT molecular complexity index is 887. The first kappa shape index (κ1) is 28.4. The van der Waals surface area contributed by atoms with Crippen molar-refractivity contribution in [3.63, 3.8) is 0 Å². The third-order valence-electron chi connectivity index (χ3n) is 8.39. The number of aliphatic hydroxyl groups excluding tert-OH is 1. The van der Waals surface area contributed by atoms with Crippen LogP contribution in [0.25, 0.3) is 0 Å². The van der Waals surface area contributed by atoms with Gasteiger partial charge in [0.2, 0.25) is 11.8 Å². The van der Waals surface area contributed by atoms with Crippen molar-refractivity contribution in [2.24, 2.45) is 23.7 Å². The Morgan fingerprint density at radius 2 is 1.94 bits per heavy atom. The minimum Gasteiger partial charge on any atom is -0.465 e. The van der Waals surface area contributed by atoms with Gasteiger partial charge in [-0.25, -0.2) is 0 Å². The zero-order valence-electron chi connectivity index (χ0n) is 22.7. The summed E-state index contributed by atoms with van der Waals surface area (Å²) in [4.78, 5) is 45.2. The van der Waals surface area contributed by atoms with Crippen LogP contribution >= 0.6 is 0 Å². The van der Waals surface area contributed by atoms with Gasteiger partial charge in [0.25, 0.3) is 0 Å². The van der Waals surface area contributed by atoms with E-state index in [0.717, 1.165) is 0 Å². The highest BCUT2D eigenvalue weighted by molar-refractivity contribution is 5.99. The van der Waals surface area contributed by atoms with Crippen LogP contribution in [0.1, 0.15) is 60.8 Å². The lowest BCUT2D eigenvalue weighted by molar-refractivity contribution is -0.164. The highest BCUT2D eigenvalue weighted by Crippen LogP contribution is 2.65. The van der Waals surface area contributed by atoms with Crippen LogP contribution in [0.3, 0.4) is 0 Å². The van der Waals surface area contributed by atoms with Crippen LogP contribution in [0, 0.1) is 23.7 Å². The van der Waals surface area contributed by atoms with Crippen molar-refractivity contribution in [2.75, 3.05) is 19.8 Å². The van der Waals surface area contributed by atoms with Crippen LogP contribution < -0.4 is 0 Å². The van der Waals surface area contributed by atoms with Crippen molar-refractivity contribution in [3.8, 4) is 0 Å². The fraction of sp³-hybridized carbons (Fsp3) is 0.750. The molecule has 3 fully saturated rings. The summed E-state index contributed by atoms with van der Waals surface area (Å²) in [6.45, 7) is 19.5. The molecule has 3 aliphatic heterocycles. The molecule has 1 spiro atoms. The highest BCUT2D eigenvalue weighted by Gasteiger charge is 2.80. The summed E-state index contributed by atoms with van der Waals surface area (Å²) < 4.78 is 12.3. The second-order valence-corrected chi connectivity index (χ2v) is 11.5.